The van der Waals surface area contributed by atoms with Gasteiger partial charge in [0, 0.05) is 22.1 Å². The highest BCUT2D eigenvalue weighted by Gasteiger charge is 2.36. The van der Waals surface area contributed by atoms with E-state index in [-0.39, 0.29) is 5.41 Å². The number of rotatable bonds is 6. The van der Waals surface area contributed by atoms with Gasteiger partial charge in [-0.1, -0.05) is 143 Å². The Kier molecular flexibility index (Phi) is 8.39. The van der Waals surface area contributed by atoms with E-state index in [0.717, 1.165) is 56.8 Å². The van der Waals surface area contributed by atoms with Gasteiger partial charge in [-0.05, 0) is 64.7 Å². The van der Waals surface area contributed by atoms with Crippen molar-refractivity contribution in [1.82, 2.24) is 15.0 Å². The Morgan fingerprint density at radius 1 is 0.596 bits per heavy atom. The lowest BCUT2D eigenvalue weighted by molar-refractivity contribution is 0.295. The second kappa shape index (κ2) is 12.9. The maximum absolute atomic E-state index is 9.63. The summed E-state index contributed by atoms with van der Waals surface area (Å²) in [7, 11) is 0. The van der Waals surface area contributed by atoms with Gasteiger partial charge in [0.2, 0.25) is 0 Å². The number of fused-ring (bicyclic) bond motifs is 1. The fraction of sp³-hybridized carbons (Fsp3) is 0.256. The number of benzene rings is 5. The van der Waals surface area contributed by atoms with Crippen LogP contribution in [0.25, 0.3) is 56.1 Å². The van der Waals surface area contributed by atoms with Crippen molar-refractivity contribution in [3.63, 3.8) is 0 Å². The molecule has 1 unspecified atom stereocenters. The number of hydrogen-bond donors (Lipinski definition) is 0. The maximum atomic E-state index is 9.63. The van der Waals surface area contributed by atoms with Crippen molar-refractivity contribution in [2.45, 2.75) is 58.3 Å². The van der Waals surface area contributed by atoms with Crippen molar-refractivity contribution >= 4 is 10.8 Å². The second-order valence-corrected chi connectivity index (χ2v) is 13.5. The van der Waals surface area contributed by atoms with E-state index < -0.39 is 0 Å². The zero-order chi connectivity index (χ0) is 32.4. The maximum Gasteiger partial charge on any atom is 0.164 e. The van der Waals surface area contributed by atoms with Crippen molar-refractivity contribution in [3.8, 4) is 51.4 Å². The van der Waals surface area contributed by atoms with Gasteiger partial charge in [-0.25, -0.2) is 15.0 Å². The highest BCUT2D eigenvalue weighted by molar-refractivity contribution is 5.99. The Hall–Kier alpha value is -5.14. The molecular weight excluding hydrogens is 573 g/mol. The van der Waals surface area contributed by atoms with Gasteiger partial charge in [-0.3, -0.25) is 0 Å². The van der Waals surface area contributed by atoms with E-state index in [1.165, 1.54) is 31.2 Å². The Balaban J connectivity index is 1.27. The summed E-state index contributed by atoms with van der Waals surface area (Å²) in [6.45, 7) is 7.21. The molecule has 0 N–H and O–H groups in total. The van der Waals surface area contributed by atoms with E-state index in [0.29, 0.717) is 23.0 Å². The highest BCUT2D eigenvalue weighted by atomic mass is 15.0. The molecule has 1 aliphatic carbocycles. The van der Waals surface area contributed by atoms with Crippen LogP contribution in [0.1, 0.15) is 64.0 Å². The first-order valence-corrected chi connectivity index (χ1v) is 16.9. The first-order chi connectivity index (χ1) is 23.0. The fourth-order valence-corrected chi connectivity index (χ4v) is 7.69. The molecule has 0 saturated heterocycles. The van der Waals surface area contributed by atoms with Gasteiger partial charge in [0.1, 0.15) is 0 Å². The molecule has 0 aliphatic heterocycles. The van der Waals surface area contributed by atoms with Crippen LogP contribution in [0, 0.1) is 23.2 Å². The Labute approximate surface area is 278 Å². The lowest BCUT2D eigenvalue weighted by atomic mass is 9.69. The molecule has 0 spiro atoms. The molecule has 1 aromatic heterocycles. The largest absolute Gasteiger partial charge is 0.208 e. The number of aromatic nitrogens is 3. The summed E-state index contributed by atoms with van der Waals surface area (Å²) in [6, 6.07) is 41.9. The molecule has 7 rings (SSSR count). The monoisotopic (exact) mass is 612 g/mol. The predicted molar refractivity (Wildman–Crippen MR) is 193 cm³/mol. The topological polar surface area (TPSA) is 62.5 Å². The normalized spacial score (nSPS) is 19.6. The third kappa shape index (κ3) is 6.07. The van der Waals surface area contributed by atoms with E-state index in [2.05, 4.69) is 81.4 Å². The van der Waals surface area contributed by atoms with Gasteiger partial charge in [-0.15, -0.1) is 0 Å². The molecule has 0 amide bonds. The van der Waals surface area contributed by atoms with Crippen molar-refractivity contribution in [3.05, 3.63) is 126 Å². The Morgan fingerprint density at radius 3 is 1.64 bits per heavy atom. The summed E-state index contributed by atoms with van der Waals surface area (Å²) in [4.78, 5) is 15.0. The number of nitrogens with zero attached hydrogens (tertiary/aromatic N) is 4. The summed E-state index contributed by atoms with van der Waals surface area (Å²) in [5.74, 6) is 3.46. The minimum atomic E-state index is 0.218. The van der Waals surface area contributed by atoms with E-state index in [9.17, 15) is 5.26 Å². The van der Waals surface area contributed by atoms with E-state index in [1.807, 2.05) is 60.7 Å². The summed E-state index contributed by atoms with van der Waals surface area (Å²) in [5, 5.41) is 11.7. The molecule has 47 heavy (non-hydrogen) atoms. The molecule has 232 valence electrons. The van der Waals surface area contributed by atoms with Crippen LogP contribution < -0.4 is 0 Å². The molecule has 1 fully saturated rings. The smallest absolute Gasteiger partial charge is 0.164 e. The fourth-order valence-electron chi connectivity index (χ4n) is 7.69. The van der Waals surface area contributed by atoms with E-state index >= 15 is 0 Å². The van der Waals surface area contributed by atoms with Gasteiger partial charge < -0.3 is 0 Å². The summed E-state index contributed by atoms with van der Waals surface area (Å²) >= 11 is 0. The zero-order valence-corrected chi connectivity index (χ0v) is 27.4. The van der Waals surface area contributed by atoms with Crippen molar-refractivity contribution < 1.29 is 0 Å². The summed E-state index contributed by atoms with van der Waals surface area (Å²) in [6.07, 6.45) is 6.29. The van der Waals surface area contributed by atoms with Crippen LogP contribution >= 0.6 is 0 Å². The van der Waals surface area contributed by atoms with Crippen molar-refractivity contribution in [1.29, 1.82) is 5.26 Å². The minimum Gasteiger partial charge on any atom is -0.208 e. The molecule has 1 heterocycles. The Bertz CT molecular complexity index is 2050. The highest BCUT2D eigenvalue weighted by Crippen LogP contribution is 2.45. The standard InChI is InChI=1S/C43H40N4/c1-4-43(26-29(2)14-15-30(3)27-43)36-23-20-34(21-24-36)42-46-40(32-10-6-5-7-11-32)45-41(47-42)33-18-16-31(17-19-33)38-25-22-35(28-44)37-12-8-9-13-39(37)38/h5-13,16-25,29-30H,4,14-15,26-27H2,1-3H3/t29-,30+,43?. The molecular formula is C43H40N4. The Morgan fingerprint density at radius 2 is 1.09 bits per heavy atom. The molecule has 0 radical (unpaired) electrons. The van der Waals surface area contributed by atoms with Crippen molar-refractivity contribution in [2.24, 2.45) is 11.8 Å². The molecule has 1 aliphatic rings. The summed E-state index contributed by atoms with van der Waals surface area (Å²) in [5.41, 5.74) is 7.39. The summed E-state index contributed by atoms with van der Waals surface area (Å²) < 4.78 is 0. The van der Waals surface area contributed by atoms with Crippen LogP contribution in [0.3, 0.4) is 0 Å². The second-order valence-electron chi connectivity index (χ2n) is 13.5. The van der Waals surface area contributed by atoms with Crippen LogP contribution in [-0.4, -0.2) is 15.0 Å². The van der Waals surface area contributed by atoms with Crippen LogP contribution in [0.15, 0.2) is 115 Å². The first-order valence-electron chi connectivity index (χ1n) is 16.9. The minimum absolute atomic E-state index is 0.218. The van der Waals surface area contributed by atoms with Gasteiger partial charge in [0.25, 0.3) is 0 Å². The van der Waals surface area contributed by atoms with Crippen molar-refractivity contribution in [2.75, 3.05) is 0 Å². The first kappa shape index (κ1) is 30.5. The van der Waals surface area contributed by atoms with Gasteiger partial charge >= 0.3 is 0 Å². The van der Waals surface area contributed by atoms with Crippen LogP contribution in [0.2, 0.25) is 0 Å². The molecule has 5 aromatic carbocycles. The van der Waals surface area contributed by atoms with Gasteiger partial charge in [0.05, 0.1) is 11.6 Å². The molecule has 0 bridgehead atoms. The van der Waals surface area contributed by atoms with Gasteiger partial charge in [-0.2, -0.15) is 5.26 Å². The lowest BCUT2D eigenvalue weighted by Crippen LogP contribution is -2.28. The molecule has 6 aromatic rings. The number of hydrogen-bond acceptors (Lipinski definition) is 4. The molecule has 4 nitrogen and oxygen atoms in total. The van der Waals surface area contributed by atoms with Crippen LogP contribution in [-0.2, 0) is 5.41 Å². The van der Waals surface area contributed by atoms with Crippen LogP contribution in [0.4, 0.5) is 0 Å². The van der Waals surface area contributed by atoms with Crippen LogP contribution in [0.5, 0.6) is 0 Å². The third-order valence-corrected chi connectivity index (χ3v) is 10.2. The lowest BCUT2D eigenvalue weighted by Gasteiger charge is -2.35. The average molecular weight is 613 g/mol. The molecule has 1 saturated carbocycles. The molecule has 4 heteroatoms. The van der Waals surface area contributed by atoms with E-state index in [1.54, 1.807) is 0 Å². The molecule has 3 atom stereocenters. The number of nitriles is 1. The average Bonchev–Trinajstić information content (AvgIpc) is 3.29. The predicted octanol–water partition coefficient (Wildman–Crippen LogP) is 11.1. The third-order valence-electron chi connectivity index (χ3n) is 10.2. The van der Waals surface area contributed by atoms with Gasteiger partial charge in [0.15, 0.2) is 17.5 Å². The quantitative estimate of drug-likeness (QED) is 0.176. The SMILES string of the molecule is CCC1(c2ccc(-c3nc(-c4ccccc4)nc(-c4ccc(-c5ccc(C#N)c6ccccc56)cc4)n3)cc2)C[C@H](C)CC[C@H](C)C1. The zero-order valence-electron chi connectivity index (χ0n) is 27.4. The van der Waals surface area contributed by atoms with E-state index in [4.69, 9.17) is 15.0 Å².